The first kappa shape index (κ1) is 18.7. The molecular formula is C20H20FNO5. The fourth-order valence-electron chi connectivity index (χ4n) is 2.61. The predicted molar refractivity (Wildman–Crippen MR) is 95.2 cm³/mol. The van der Waals surface area contributed by atoms with Crippen LogP contribution in [0.15, 0.2) is 42.5 Å². The number of benzene rings is 2. The van der Waals surface area contributed by atoms with Gasteiger partial charge in [-0.25, -0.2) is 4.39 Å². The lowest BCUT2D eigenvalue weighted by Gasteiger charge is -2.18. The number of hydrogen-bond donors (Lipinski definition) is 1. The Morgan fingerprint density at radius 2 is 1.70 bits per heavy atom. The molecule has 0 atom stereocenters. The molecule has 0 spiro atoms. The van der Waals surface area contributed by atoms with Gasteiger partial charge >= 0.3 is 5.97 Å². The SMILES string of the molecule is O=C(COC(=O)Cc1ccc(F)cc1)NCCc1ccc2c(c1)OCCO2. The Bertz CT molecular complexity index is 807. The van der Waals surface area contributed by atoms with Crippen LogP contribution in [0.5, 0.6) is 11.5 Å². The highest BCUT2D eigenvalue weighted by molar-refractivity contribution is 5.81. The number of nitrogens with one attached hydrogen (secondary N) is 1. The van der Waals surface area contributed by atoms with Crippen LogP contribution in [0.25, 0.3) is 0 Å². The molecule has 6 nitrogen and oxygen atoms in total. The van der Waals surface area contributed by atoms with Gasteiger partial charge in [0.15, 0.2) is 18.1 Å². The van der Waals surface area contributed by atoms with Crippen molar-refractivity contribution in [2.24, 2.45) is 0 Å². The Morgan fingerprint density at radius 1 is 1.00 bits per heavy atom. The molecule has 0 bridgehead atoms. The molecule has 2 aromatic rings. The topological polar surface area (TPSA) is 73.9 Å². The van der Waals surface area contributed by atoms with Crippen molar-refractivity contribution in [3.63, 3.8) is 0 Å². The first-order chi connectivity index (χ1) is 13.1. The van der Waals surface area contributed by atoms with E-state index in [0.717, 1.165) is 11.3 Å². The highest BCUT2D eigenvalue weighted by atomic mass is 19.1. The molecule has 2 aromatic carbocycles. The number of halogens is 1. The van der Waals surface area contributed by atoms with Gasteiger partial charge in [-0.3, -0.25) is 9.59 Å². The molecule has 1 amide bonds. The third kappa shape index (κ3) is 5.70. The van der Waals surface area contributed by atoms with E-state index in [-0.39, 0.29) is 24.8 Å². The highest BCUT2D eigenvalue weighted by Crippen LogP contribution is 2.30. The van der Waals surface area contributed by atoms with Crippen LogP contribution < -0.4 is 14.8 Å². The average molecular weight is 373 g/mol. The van der Waals surface area contributed by atoms with Crippen LogP contribution in [0.4, 0.5) is 4.39 Å². The quantitative estimate of drug-likeness (QED) is 0.752. The fraction of sp³-hybridized carbons (Fsp3) is 0.300. The molecule has 1 heterocycles. The van der Waals surface area contributed by atoms with Crippen LogP contribution in [0, 0.1) is 5.82 Å². The average Bonchev–Trinajstić information content (AvgIpc) is 2.68. The molecule has 0 saturated heterocycles. The van der Waals surface area contributed by atoms with Crippen LogP contribution in [-0.2, 0) is 27.2 Å². The molecule has 0 aliphatic carbocycles. The molecule has 0 aromatic heterocycles. The summed E-state index contributed by atoms with van der Waals surface area (Å²) in [4.78, 5) is 23.5. The third-order valence-corrected chi connectivity index (χ3v) is 3.97. The van der Waals surface area contributed by atoms with Gasteiger partial charge in [0, 0.05) is 6.54 Å². The zero-order valence-electron chi connectivity index (χ0n) is 14.7. The van der Waals surface area contributed by atoms with Gasteiger partial charge in [-0.2, -0.15) is 0 Å². The van der Waals surface area contributed by atoms with Crippen LogP contribution in [0.1, 0.15) is 11.1 Å². The molecule has 0 saturated carbocycles. The molecule has 0 unspecified atom stereocenters. The molecule has 3 rings (SSSR count). The van der Waals surface area contributed by atoms with Gasteiger partial charge in [0.25, 0.3) is 5.91 Å². The van der Waals surface area contributed by atoms with Crippen molar-refractivity contribution < 1.29 is 28.2 Å². The number of carbonyl (C=O) groups is 2. The lowest BCUT2D eigenvalue weighted by Crippen LogP contribution is -2.30. The smallest absolute Gasteiger partial charge is 0.310 e. The maximum atomic E-state index is 12.8. The molecule has 1 aliphatic rings. The van der Waals surface area contributed by atoms with Crippen molar-refractivity contribution in [1.29, 1.82) is 0 Å². The predicted octanol–water partition coefficient (Wildman–Crippen LogP) is 2.04. The minimum atomic E-state index is -0.538. The van der Waals surface area contributed by atoms with E-state index in [1.54, 1.807) is 0 Å². The van der Waals surface area contributed by atoms with Crippen molar-refractivity contribution in [2.45, 2.75) is 12.8 Å². The van der Waals surface area contributed by atoms with E-state index in [1.165, 1.54) is 24.3 Å². The lowest BCUT2D eigenvalue weighted by molar-refractivity contribution is -0.147. The Labute approximate surface area is 156 Å². The minimum Gasteiger partial charge on any atom is -0.486 e. The van der Waals surface area contributed by atoms with Crippen molar-refractivity contribution in [3.8, 4) is 11.5 Å². The zero-order valence-corrected chi connectivity index (χ0v) is 14.7. The largest absolute Gasteiger partial charge is 0.486 e. The molecule has 27 heavy (non-hydrogen) atoms. The molecular weight excluding hydrogens is 353 g/mol. The highest BCUT2D eigenvalue weighted by Gasteiger charge is 2.12. The second kappa shape index (κ2) is 9.02. The van der Waals surface area contributed by atoms with Crippen molar-refractivity contribution >= 4 is 11.9 Å². The summed E-state index contributed by atoms with van der Waals surface area (Å²) in [6.07, 6.45) is 0.608. The van der Waals surface area contributed by atoms with Crippen LogP contribution in [-0.4, -0.2) is 38.2 Å². The molecule has 1 aliphatic heterocycles. The number of amides is 1. The van der Waals surface area contributed by atoms with Crippen LogP contribution >= 0.6 is 0 Å². The van der Waals surface area contributed by atoms with Crippen LogP contribution in [0.2, 0.25) is 0 Å². The summed E-state index contributed by atoms with van der Waals surface area (Å²) < 4.78 is 28.7. The van der Waals surface area contributed by atoms with Crippen molar-refractivity contribution in [1.82, 2.24) is 5.32 Å². The van der Waals surface area contributed by atoms with E-state index in [9.17, 15) is 14.0 Å². The van der Waals surface area contributed by atoms with E-state index in [1.807, 2.05) is 18.2 Å². The van der Waals surface area contributed by atoms with E-state index >= 15 is 0 Å². The number of esters is 1. The minimum absolute atomic E-state index is 0.00917. The van der Waals surface area contributed by atoms with E-state index in [0.29, 0.717) is 37.5 Å². The maximum absolute atomic E-state index is 12.8. The summed E-state index contributed by atoms with van der Waals surface area (Å²) in [5.41, 5.74) is 1.63. The Morgan fingerprint density at radius 3 is 2.48 bits per heavy atom. The molecule has 0 radical (unpaired) electrons. The van der Waals surface area contributed by atoms with Crippen LogP contribution in [0.3, 0.4) is 0 Å². The van der Waals surface area contributed by atoms with E-state index in [4.69, 9.17) is 14.2 Å². The zero-order chi connectivity index (χ0) is 19.1. The number of ether oxygens (including phenoxy) is 3. The standard InChI is InChI=1S/C20H20FNO5/c21-16-4-1-14(2-5-16)12-20(24)27-13-19(23)22-8-7-15-3-6-17-18(11-15)26-10-9-25-17/h1-6,11H,7-10,12-13H2,(H,22,23). The van der Waals surface area contributed by atoms with Gasteiger partial charge in [-0.15, -0.1) is 0 Å². The van der Waals surface area contributed by atoms with Gasteiger partial charge in [-0.1, -0.05) is 18.2 Å². The molecule has 142 valence electrons. The van der Waals surface area contributed by atoms with E-state index in [2.05, 4.69) is 5.32 Å². The second-order valence-electron chi connectivity index (χ2n) is 6.04. The molecule has 0 fully saturated rings. The molecule has 1 N–H and O–H groups in total. The van der Waals surface area contributed by atoms with E-state index < -0.39 is 5.97 Å². The lowest BCUT2D eigenvalue weighted by atomic mass is 10.1. The Kier molecular flexibility index (Phi) is 6.25. The molecule has 7 heteroatoms. The summed E-state index contributed by atoms with van der Waals surface area (Å²) in [5, 5.41) is 2.70. The van der Waals surface area contributed by atoms with Gasteiger partial charge in [0.1, 0.15) is 19.0 Å². The number of rotatable bonds is 7. The maximum Gasteiger partial charge on any atom is 0.310 e. The Balaban J connectivity index is 1.36. The Hall–Kier alpha value is -3.09. The number of carbonyl (C=O) groups excluding carboxylic acids is 2. The summed E-state index contributed by atoms with van der Waals surface area (Å²) in [6.45, 7) is 1.13. The fourth-order valence-corrected chi connectivity index (χ4v) is 2.61. The second-order valence-corrected chi connectivity index (χ2v) is 6.04. The summed E-state index contributed by atoms with van der Waals surface area (Å²) in [5.74, 6) is 0.148. The summed E-state index contributed by atoms with van der Waals surface area (Å²) in [7, 11) is 0. The van der Waals surface area contributed by atoms with Crippen molar-refractivity contribution in [3.05, 3.63) is 59.4 Å². The van der Waals surface area contributed by atoms with Gasteiger partial charge in [0.2, 0.25) is 0 Å². The number of hydrogen-bond acceptors (Lipinski definition) is 5. The first-order valence-corrected chi connectivity index (χ1v) is 8.65. The monoisotopic (exact) mass is 373 g/mol. The van der Waals surface area contributed by atoms with Gasteiger partial charge in [0.05, 0.1) is 6.42 Å². The normalized spacial score (nSPS) is 12.3. The van der Waals surface area contributed by atoms with Crippen molar-refractivity contribution in [2.75, 3.05) is 26.4 Å². The van der Waals surface area contributed by atoms with Gasteiger partial charge < -0.3 is 19.5 Å². The third-order valence-electron chi connectivity index (χ3n) is 3.97. The summed E-state index contributed by atoms with van der Waals surface area (Å²) in [6, 6.07) is 11.2. The summed E-state index contributed by atoms with van der Waals surface area (Å²) >= 11 is 0. The first-order valence-electron chi connectivity index (χ1n) is 8.65. The number of fused-ring (bicyclic) bond motifs is 1. The van der Waals surface area contributed by atoms with Gasteiger partial charge in [-0.05, 0) is 41.8 Å².